The molecular formula is C16H18F6N2O6S. The van der Waals surface area contributed by atoms with E-state index in [-0.39, 0.29) is 25.3 Å². The average molecular weight is 480 g/mol. The van der Waals surface area contributed by atoms with Crippen molar-refractivity contribution in [1.29, 1.82) is 0 Å². The lowest BCUT2D eigenvalue weighted by Crippen LogP contribution is -2.56. The van der Waals surface area contributed by atoms with Crippen LogP contribution in [0.4, 0.5) is 36.8 Å². The Labute approximate surface area is 172 Å². The molecule has 1 amide bonds. The Morgan fingerprint density at radius 2 is 1.61 bits per heavy atom. The van der Waals surface area contributed by atoms with Gasteiger partial charge in [0.05, 0.1) is 18.9 Å². The van der Waals surface area contributed by atoms with Crippen molar-refractivity contribution in [2.24, 2.45) is 0 Å². The van der Waals surface area contributed by atoms with Crippen LogP contribution in [-0.4, -0.2) is 80.5 Å². The van der Waals surface area contributed by atoms with Gasteiger partial charge in [-0.3, -0.25) is 4.18 Å². The first-order chi connectivity index (χ1) is 14.0. The van der Waals surface area contributed by atoms with Gasteiger partial charge in [-0.15, -0.1) is 0 Å². The highest BCUT2D eigenvalue weighted by Gasteiger charge is 2.71. The van der Waals surface area contributed by atoms with Gasteiger partial charge in [0.25, 0.3) is 15.7 Å². The summed E-state index contributed by atoms with van der Waals surface area (Å²) < 4.78 is 105. The molecule has 1 aromatic carbocycles. The maximum atomic E-state index is 13.0. The molecule has 176 valence electrons. The van der Waals surface area contributed by atoms with Gasteiger partial charge < -0.3 is 20.0 Å². The fraction of sp³-hybridized carbons (Fsp3) is 0.562. The number of carboxylic acid groups (broad SMARTS) is 1. The fourth-order valence-electron chi connectivity index (χ4n) is 3.10. The van der Waals surface area contributed by atoms with Gasteiger partial charge >= 0.3 is 18.4 Å². The van der Waals surface area contributed by atoms with Crippen molar-refractivity contribution in [2.75, 3.05) is 37.4 Å². The van der Waals surface area contributed by atoms with Gasteiger partial charge in [-0.2, -0.15) is 34.8 Å². The summed E-state index contributed by atoms with van der Waals surface area (Å²) in [5.41, 5.74) is -6.45. The van der Waals surface area contributed by atoms with E-state index in [9.17, 15) is 44.7 Å². The number of anilines is 1. The second-order valence-electron chi connectivity index (χ2n) is 6.82. The standard InChI is InChI=1S/C16H18F6N2O6S/c1-31(28,29)30-9-12-8-23(13(25)26)6-7-24(12)11-4-2-10(3-5-11)14(27,15(17,18)19)16(20,21)22/h2-5,12,27H,6-9H2,1H3,(H,25,26)/t12-/m1/s1. The summed E-state index contributed by atoms with van der Waals surface area (Å²) in [6.07, 6.45) is -12.6. The Kier molecular flexibility index (Phi) is 6.73. The van der Waals surface area contributed by atoms with Crippen LogP contribution in [0.15, 0.2) is 24.3 Å². The average Bonchev–Trinajstić information content (AvgIpc) is 2.63. The van der Waals surface area contributed by atoms with E-state index in [1.54, 1.807) is 0 Å². The summed E-state index contributed by atoms with van der Waals surface area (Å²) in [4.78, 5) is 13.6. The zero-order chi connectivity index (χ0) is 23.8. The van der Waals surface area contributed by atoms with E-state index in [1.165, 1.54) is 4.90 Å². The molecule has 2 rings (SSSR count). The molecule has 1 aliphatic heterocycles. The zero-order valence-corrected chi connectivity index (χ0v) is 16.6. The summed E-state index contributed by atoms with van der Waals surface area (Å²) in [5.74, 6) is 0. The van der Waals surface area contributed by atoms with Gasteiger partial charge in [0.2, 0.25) is 0 Å². The Morgan fingerprint density at radius 3 is 2.03 bits per heavy atom. The van der Waals surface area contributed by atoms with Gasteiger partial charge in [0.1, 0.15) is 0 Å². The first-order valence-corrected chi connectivity index (χ1v) is 10.3. The Morgan fingerprint density at radius 1 is 1.10 bits per heavy atom. The zero-order valence-electron chi connectivity index (χ0n) is 15.8. The van der Waals surface area contributed by atoms with Crippen LogP contribution in [0.3, 0.4) is 0 Å². The minimum Gasteiger partial charge on any atom is -0.465 e. The van der Waals surface area contributed by atoms with E-state index in [0.717, 1.165) is 23.3 Å². The van der Waals surface area contributed by atoms with Crippen LogP contribution < -0.4 is 4.90 Å². The van der Waals surface area contributed by atoms with Gasteiger partial charge in [-0.25, -0.2) is 4.79 Å². The molecule has 0 aliphatic carbocycles. The molecule has 1 fully saturated rings. The number of carbonyl (C=O) groups is 1. The van der Waals surface area contributed by atoms with Crippen LogP contribution >= 0.6 is 0 Å². The van der Waals surface area contributed by atoms with Gasteiger partial charge in [0.15, 0.2) is 0 Å². The largest absolute Gasteiger partial charge is 0.465 e. The maximum absolute atomic E-state index is 13.0. The predicted molar refractivity (Wildman–Crippen MR) is 94.0 cm³/mol. The molecule has 1 saturated heterocycles. The molecule has 15 heteroatoms. The highest BCUT2D eigenvalue weighted by molar-refractivity contribution is 7.85. The Bertz CT molecular complexity index is 889. The molecule has 1 atom stereocenters. The monoisotopic (exact) mass is 480 g/mol. The molecule has 8 nitrogen and oxygen atoms in total. The van der Waals surface area contributed by atoms with Gasteiger partial charge in [-0.1, -0.05) is 12.1 Å². The fourth-order valence-corrected chi connectivity index (χ4v) is 3.50. The third-order valence-electron chi connectivity index (χ3n) is 4.66. The van der Waals surface area contributed by atoms with Crippen molar-refractivity contribution in [1.82, 2.24) is 4.90 Å². The van der Waals surface area contributed by atoms with E-state index in [2.05, 4.69) is 4.18 Å². The number of aliphatic hydroxyl groups is 1. The molecule has 31 heavy (non-hydrogen) atoms. The highest BCUT2D eigenvalue weighted by atomic mass is 32.2. The normalized spacial score (nSPS) is 18.9. The lowest BCUT2D eigenvalue weighted by molar-refractivity contribution is -0.376. The van der Waals surface area contributed by atoms with Crippen molar-refractivity contribution in [2.45, 2.75) is 24.0 Å². The van der Waals surface area contributed by atoms with E-state index >= 15 is 0 Å². The summed E-state index contributed by atoms with van der Waals surface area (Å²) in [6.45, 7) is -0.811. The van der Waals surface area contributed by atoms with E-state index in [0.29, 0.717) is 12.1 Å². The lowest BCUT2D eigenvalue weighted by Gasteiger charge is -2.41. The molecular weight excluding hydrogens is 462 g/mol. The number of amides is 1. The molecule has 0 spiro atoms. The molecule has 0 aromatic heterocycles. The summed E-state index contributed by atoms with van der Waals surface area (Å²) in [7, 11) is -3.90. The van der Waals surface area contributed by atoms with Crippen molar-refractivity contribution in [3.05, 3.63) is 29.8 Å². The molecule has 0 radical (unpaired) electrons. The molecule has 2 N–H and O–H groups in total. The van der Waals surface area contributed by atoms with Crippen LogP contribution in [0.2, 0.25) is 0 Å². The maximum Gasteiger partial charge on any atom is 0.430 e. The molecule has 0 unspecified atom stereocenters. The summed E-state index contributed by atoms with van der Waals surface area (Å²) in [5, 5.41) is 18.6. The number of hydrogen-bond donors (Lipinski definition) is 2. The van der Waals surface area contributed by atoms with Gasteiger partial charge in [0, 0.05) is 30.9 Å². The number of nitrogens with zero attached hydrogens (tertiary/aromatic N) is 2. The summed E-state index contributed by atoms with van der Waals surface area (Å²) in [6, 6.07) is 1.79. The highest BCUT2D eigenvalue weighted by Crippen LogP contribution is 2.50. The first-order valence-electron chi connectivity index (χ1n) is 8.52. The van der Waals surface area contributed by atoms with E-state index in [4.69, 9.17) is 5.11 Å². The van der Waals surface area contributed by atoms with Gasteiger partial charge in [-0.05, 0) is 12.1 Å². The summed E-state index contributed by atoms with van der Waals surface area (Å²) >= 11 is 0. The van der Waals surface area contributed by atoms with Crippen LogP contribution in [-0.2, 0) is 19.9 Å². The smallest absolute Gasteiger partial charge is 0.430 e. The first kappa shape index (κ1) is 25.0. The predicted octanol–water partition coefficient (Wildman–Crippen LogP) is 2.14. The minimum atomic E-state index is -6.04. The van der Waals surface area contributed by atoms with E-state index in [1.807, 2.05) is 0 Å². The Hall–Kier alpha value is -2.26. The molecule has 0 bridgehead atoms. The number of benzene rings is 1. The van der Waals surface area contributed by atoms with E-state index < -0.39 is 52.4 Å². The van der Waals surface area contributed by atoms with Crippen molar-refractivity contribution in [3.63, 3.8) is 0 Å². The topological polar surface area (TPSA) is 107 Å². The third kappa shape index (κ3) is 5.33. The molecule has 1 heterocycles. The van der Waals surface area contributed by atoms with Crippen molar-refractivity contribution >= 4 is 21.9 Å². The minimum absolute atomic E-state index is 0.0355. The number of piperazine rings is 1. The number of alkyl halides is 6. The molecule has 1 aromatic rings. The van der Waals surface area contributed by atoms with Crippen molar-refractivity contribution < 1.29 is 54.0 Å². The van der Waals surface area contributed by atoms with Crippen LogP contribution in [0.25, 0.3) is 0 Å². The van der Waals surface area contributed by atoms with Crippen LogP contribution in [0.1, 0.15) is 5.56 Å². The number of halogens is 6. The Balaban J connectivity index is 2.37. The van der Waals surface area contributed by atoms with Crippen molar-refractivity contribution in [3.8, 4) is 0 Å². The second kappa shape index (κ2) is 8.35. The molecule has 1 aliphatic rings. The number of hydrogen-bond acceptors (Lipinski definition) is 6. The third-order valence-corrected chi connectivity index (χ3v) is 5.23. The second-order valence-corrected chi connectivity index (χ2v) is 8.46. The quantitative estimate of drug-likeness (QED) is 0.491. The SMILES string of the molecule is CS(=O)(=O)OC[C@H]1CN(C(=O)O)CCN1c1ccc(C(O)(C(F)(F)F)C(F)(F)F)cc1. The molecule has 0 saturated carbocycles. The number of rotatable bonds is 5. The van der Waals surface area contributed by atoms with Crippen LogP contribution in [0, 0.1) is 0 Å². The lowest BCUT2D eigenvalue weighted by atomic mass is 9.92. The van der Waals surface area contributed by atoms with Crippen LogP contribution in [0.5, 0.6) is 0 Å².